The summed E-state index contributed by atoms with van der Waals surface area (Å²) in [5.41, 5.74) is 2.30. The van der Waals surface area contributed by atoms with Gasteiger partial charge in [0.05, 0.1) is 5.69 Å². The minimum atomic E-state index is -0.217. The Hall–Kier alpha value is -3.48. The number of hydrogen-bond donors (Lipinski definition) is 1. The molecule has 0 bridgehead atoms. The van der Waals surface area contributed by atoms with Gasteiger partial charge >= 0.3 is 0 Å². The molecule has 0 spiro atoms. The second-order valence-electron chi connectivity index (χ2n) is 7.02. The number of anilines is 3. The van der Waals surface area contributed by atoms with Crippen LogP contribution in [0.1, 0.15) is 15.9 Å². The lowest BCUT2D eigenvalue weighted by Crippen LogP contribution is -2.47. The molecule has 29 heavy (non-hydrogen) atoms. The number of aromatic nitrogens is 2. The van der Waals surface area contributed by atoms with Gasteiger partial charge in [-0.15, -0.1) is 10.2 Å². The predicted molar refractivity (Wildman–Crippen MR) is 112 cm³/mol. The van der Waals surface area contributed by atoms with Crippen molar-refractivity contribution in [2.24, 2.45) is 0 Å². The molecule has 1 amide bonds. The molecule has 1 N–H and O–H groups in total. The summed E-state index contributed by atoms with van der Waals surface area (Å²) in [6.07, 6.45) is 0. The summed E-state index contributed by atoms with van der Waals surface area (Å²) >= 11 is 0. The minimum absolute atomic E-state index is 0.200. The third kappa shape index (κ3) is 4.34. The molecule has 1 aliphatic heterocycles. The van der Waals surface area contributed by atoms with Gasteiger partial charge in [-0.2, -0.15) is 0 Å². The second-order valence-corrected chi connectivity index (χ2v) is 7.02. The van der Waals surface area contributed by atoms with Gasteiger partial charge in [-0.05, 0) is 43.3 Å². The number of aryl methyl sites for hydroxylation is 1. The van der Waals surface area contributed by atoms with Crippen LogP contribution in [0.15, 0.2) is 60.7 Å². The van der Waals surface area contributed by atoms with E-state index >= 15 is 0 Å². The van der Waals surface area contributed by atoms with Crippen LogP contribution in [-0.4, -0.2) is 42.3 Å². The molecule has 7 heteroatoms. The molecular weight excluding hydrogens is 369 g/mol. The van der Waals surface area contributed by atoms with Crippen molar-refractivity contribution >= 4 is 23.2 Å². The van der Waals surface area contributed by atoms with Crippen molar-refractivity contribution in [1.29, 1.82) is 0 Å². The van der Waals surface area contributed by atoms with E-state index in [1.807, 2.05) is 36.1 Å². The van der Waals surface area contributed by atoms with E-state index in [0.29, 0.717) is 30.2 Å². The molecule has 4 rings (SSSR count). The largest absolute Gasteiger partial charge is 0.366 e. The van der Waals surface area contributed by atoms with Crippen LogP contribution < -0.4 is 15.1 Å². The van der Waals surface area contributed by atoms with Gasteiger partial charge < -0.3 is 15.1 Å². The molecule has 1 aromatic heterocycles. The van der Waals surface area contributed by atoms with Gasteiger partial charge in [-0.3, -0.25) is 4.79 Å². The highest BCUT2D eigenvalue weighted by molar-refractivity contribution is 6.03. The average molecular weight is 391 g/mol. The summed E-state index contributed by atoms with van der Waals surface area (Å²) in [4.78, 5) is 16.4. The number of halogens is 1. The van der Waals surface area contributed by atoms with Crippen molar-refractivity contribution in [3.63, 3.8) is 0 Å². The Morgan fingerprint density at radius 2 is 1.59 bits per heavy atom. The molecule has 6 nitrogen and oxygen atoms in total. The normalized spacial score (nSPS) is 14.0. The molecule has 2 heterocycles. The molecule has 0 radical (unpaired) electrons. The smallest absolute Gasteiger partial charge is 0.256 e. The highest BCUT2D eigenvalue weighted by Crippen LogP contribution is 2.22. The van der Waals surface area contributed by atoms with Gasteiger partial charge in [0, 0.05) is 31.7 Å². The van der Waals surface area contributed by atoms with Gasteiger partial charge in [0.25, 0.3) is 5.91 Å². The van der Waals surface area contributed by atoms with Crippen LogP contribution in [0, 0.1) is 12.7 Å². The summed E-state index contributed by atoms with van der Waals surface area (Å²) in [7, 11) is 0. The first-order valence-corrected chi connectivity index (χ1v) is 9.56. The zero-order valence-corrected chi connectivity index (χ0v) is 16.2. The van der Waals surface area contributed by atoms with Crippen molar-refractivity contribution in [3.05, 3.63) is 77.6 Å². The van der Waals surface area contributed by atoms with Gasteiger partial charge in [0.1, 0.15) is 5.82 Å². The maximum absolute atomic E-state index is 14.0. The average Bonchev–Trinajstić information content (AvgIpc) is 2.75. The lowest BCUT2D eigenvalue weighted by molar-refractivity contribution is 0.102. The fourth-order valence-corrected chi connectivity index (χ4v) is 3.34. The number of benzene rings is 2. The predicted octanol–water partition coefficient (Wildman–Crippen LogP) is 3.50. The summed E-state index contributed by atoms with van der Waals surface area (Å²) in [6.45, 7) is 4.82. The first kappa shape index (κ1) is 18.9. The summed E-state index contributed by atoms with van der Waals surface area (Å²) < 4.78 is 14.0. The van der Waals surface area contributed by atoms with E-state index in [0.717, 1.165) is 24.5 Å². The van der Waals surface area contributed by atoms with Gasteiger partial charge in [-0.1, -0.05) is 29.8 Å². The Bertz CT molecular complexity index is 983. The van der Waals surface area contributed by atoms with Crippen LogP contribution >= 0.6 is 0 Å². The Labute approximate surface area is 169 Å². The van der Waals surface area contributed by atoms with Crippen molar-refractivity contribution in [3.8, 4) is 0 Å². The minimum Gasteiger partial charge on any atom is -0.366 e. The van der Waals surface area contributed by atoms with E-state index in [9.17, 15) is 9.18 Å². The number of carbonyl (C=O) groups excluding carboxylic acids is 1. The van der Waals surface area contributed by atoms with E-state index < -0.39 is 0 Å². The van der Waals surface area contributed by atoms with E-state index in [4.69, 9.17) is 0 Å². The van der Waals surface area contributed by atoms with Crippen LogP contribution in [0.2, 0.25) is 0 Å². The molecular formula is C22H22FN5O. The molecule has 0 atom stereocenters. The highest BCUT2D eigenvalue weighted by Gasteiger charge is 2.20. The van der Waals surface area contributed by atoms with Crippen LogP contribution in [0.3, 0.4) is 0 Å². The topological polar surface area (TPSA) is 61.4 Å². The SMILES string of the molecule is Cc1ccc(C(=O)Nc2ccc(N3CCN(c4ccccc4F)CC3)nn2)cc1. The quantitative estimate of drug-likeness (QED) is 0.738. The van der Waals surface area contributed by atoms with Crippen molar-refractivity contribution < 1.29 is 9.18 Å². The lowest BCUT2D eigenvalue weighted by atomic mass is 10.1. The molecule has 148 valence electrons. The van der Waals surface area contributed by atoms with Crippen LogP contribution in [0.25, 0.3) is 0 Å². The van der Waals surface area contributed by atoms with E-state index in [1.165, 1.54) is 6.07 Å². The Kier molecular flexibility index (Phi) is 5.37. The van der Waals surface area contributed by atoms with Crippen molar-refractivity contribution in [2.75, 3.05) is 41.3 Å². The van der Waals surface area contributed by atoms with Gasteiger partial charge in [0.2, 0.25) is 0 Å². The zero-order chi connectivity index (χ0) is 20.2. The first-order chi connectivity index (χ1) is 14.1. The maximum Gasteiger partial charge on any atom is 0.256 e. The van der Waals surface area contributed by atoms with Gasteiger partial charge in [0.15, 0.2) is 11.6 Å². The summed E-state index contributed by atoms with van der Waals surface area (Å²) in [6, 6.07) is 17.8. The Balaban J connectivity index is 1.35. The number of para-hydroxylation sites is 1. The molecule has 0 saturated carbocycles. The number of piperazine rings is 1. The van der Waals surface area contributed by atoms with E-state index in [2.05, 4.69) is 20.4 Å². The number of hydrogen-bond acceptors (Lipinski definition) is 5. The first-order valence-electron chi connectivity index (χ1n) is 9.56. The molecule has 0 unspecified atom stereocenters. The molecule has 1 saturated heterocycles. The number of amides is 1. The summed E-state index contributed by atoms with van der Waals surface area (Å²) in [5, 5.41) is 11.1. The fourth-order valence-electron chi connectivity index (χ4n) is 3.34. The standard InChI is InChI=1S/C22H22FN5O/c1-16-6-8-17(9-7-16)22(29)24-20-10-11-21(26-25-20)28-14-12-27(13-15-28)19-5-3-2-4-18(19)23/h2-11H,12-15H2,1H3,(H,24,25,29). The molecule has 0 aliphatic carbocycles. The highest BCUT2D eigenvalue weighted by atomic mass is 19.1. The monoisotopic (exact) mass is 391 g/mol. The van der Waals surface area contributed by atoms with Crippen LogP contribution in [0.5, 0.6) is 0 Å². The third-order valence-electron chi connectivity index (χ3n) is 5.00. The summed E-state index contributed by atoms with van der Waals surface area (Å²) in [5.74, 6) is 0.732. The Morgan fingerprint density at radius 1 is 0.897 bits per heavy atom. The molecule has 1 aliphatic rings. The Morgan fingerprint density at radius 3 is 2.24 bits per heavy atom. The van der Waals surface area contributed by atoms with Crippen molar-refractivity contribution in [1.82, 2.24) is 10.2 Å². The van der Waals surface area contributed by atoms with E-state index in [1.54, 1.807) is 30.3 Å². The lowest BCUT2D eigenvalue weighted by Gasteiger charge is -2.36. The zero-order valence-electron chi connectivity index (χ0n) is 16.2. The number of nitrogens with zero attached hydrogens (tertiary/aromatic N) is 4. The molecule has 2 aromatic carbocycles. The third-order valence-corrected chi connectivity index (χ3v) is 5.00. The second kappa shape index (κ2) is 8.26. The van der Waals surface area contributed by atoms with Crippen LogP contribution in [0.4, 0.5) is 21.7 Å². The van der Waals surface area contributed by atoms with Crippen LogP contribution in [-0.2, 0) is 0 Å². The number of nitrogens with one attached hydrogen (secondary N) is 1. The van der Waals surface area contributed by atoms with E-state index in [-0.39, 0.29) is 11.7 Å². The number of rotatable bonds is 4. The van der Waals surface area contributed by atoms with Crippen molar-refractivity contribution in [2.45, 2.75) is 6.92 Å². The molecule has 3 aromatic rings. The van der Waals surface area contributed by atoms with Gasteiger partial charge in [-0.25, -0.2) is 4.39 Å². The number of carbonyl (C=O) groups is 1. The fraction of sp³-hybridized carbons (Fsp3) is 0.227. The maximum atomic E-state index is 14.0. The molecule has 1 fully saturated rings.